The molecule has 0 radical (unpaired) electrons. The Labute approximate surface area is 85.4 Å². The Bertz CT molecular complexity index is 251. The van der Waals surface area contributed by atoms with Gasteiger partial charge in [-0.15, -0.1) is 6.42 Å². The molecule has 1 atom stereocenters. The molecule has 3 heteroatoms. The molecular formula is C11H17NO2. The molecule has 0 aromatic carbocycles. The highest BCUT2D eigenvalue weighted by atomic mass is 16.5. The van der Waals surface area contributed by atoms with Gasteiger partial charge in [-0.2, -0.15) is 0 Å². The van der Waals surface area contributed by atoms with Crippen LogP contribution in [0.3, 0.4) is 0 Å². The highest BCUT2D eigenvalue weighted by Gasteiger charge is 2.37. The molecule has 1 rings (SSSR count). The van der Waals surface area contributed by atoms with Gasteiger partial charge >= 0.3 is 0 Å². The number of rotatable bonds is 3. The molecule has 78 valence electrons. The van der Waals surface area contributed by atoms with E-state index < -0.39 is 5.54 Å². The standard InChI is InChI=1S/C11H17NO2/c1-4-10(13)11(3,5-2)12-6-8-14-9-7-12/h1H,5-9H2,2-3H3. The number of ether oxygens (including phenoxy) is 1. The number of carbonyl (C=O) groups is 1. The molecule has 0 bridgehead atoms. The van der Waals surface area contributed by atoms with Gasteiger partial charge in [-0.3, -0.25) is 9.69 Å². The van der Waals surface area contributed by atoms with Crippen LogP contribution in [-0.4, -0.2) is 42.5 Å². The first-order valence-electron chi connectivity index (χ1n) is 4.99. The van der Waals surface area contributed by atoms with E-state index in [1.54, 1.807) is 0 Å². The molecule has 1 fully saturated rings. The molecule has 0 aliphatic carbocycles. The maximum atomic E-state index is 11.6. The number of hydrogen-bond donors (Lipinski definition) is 0. The number of hydrogen-bond acceptors (Lipinski definition) is 3. The fraction of sp³-hybridized carbons (Fsp3) is 0.727. The third-order valence-electron chi connectivity index (χ3n) is 3.02. The van der Waals surface area contributed by atoms with Gasteiger partial charge in [0.25, 0.3) is 0 Å². The maximum Gasteiger partial charge on any atom is 0.225 e. The van der Waals surface area contributed by atoms with Crippen molar-refractivity contribution in [1.29, 1.82) is 0 Å². The first kappa shape index (κ1) is 11.2. The summed E-state index contributed by atoms with van der Waals surface area (Å²) in [6.45, 7) is 6.86. The third-order valence-corrected chi connectivity index (χ3v) is 3.02. The van der Waals surface area contributed by atoms with Gasteiger partial charge < -0.3 is 4.74 Å². The average Bonchev–Trinajstić information content (AvgIpc) is 2.28. The van der Waals surface area contributed by atoms with Crippen LogP contribution in [0.1, 0.15) is 20.3 Å². The molecule has 14 heavy (non-hydrogen) atoms. The molecule has 0 aromatic rings. The maximum absolute atomic E-state index is 11.6. The number of morpholine rings is 1. The molecule has 0 saturated carbocycles. The van der Waals surface area contributed by atoms with Crippen molar-refractivity contribution in [1.82, 2.24) is 4.90 Å². The topological polar surface area (TPSA) is 29.5 Å². The monoisotopic (exact) mass is 195 g/mol. The first-order valence-corrected chi connectivity index (χ1v) is 4.99. The van der Waals surface area contributed by atoms with Crippen LogP contribution in [0.4, 0.5) is 0 Å². The Morgan fingerprint density at radius 1 is 1.57 bits per heavy atom. The van der Waals surface area contributed by atoms with Gasteiger partial charge in [0.05, 0.1) is 18.8 Å². The lowest BCUT2D eigenvalue weighted by molar-refractivity contribution is -0.127. The van der Waals surface area contributed by atoms with Gasteiger partial charge in [0, 0.05) is 13.1 Å². The lowest BCUT2D eigenvalue weighted by atomic mass is 9.91. The van der Waals surface area contributed by atoms with Crippen molar-refractivity contribution in [3.8, 4) is 12.3 Å². The van der Waals surface area contributed by atoms with E-state index in [9.17, 15) is 4.79 Å². The summed E-state index contributed by atoms with van der Waals surface area (Å²) >= 11 is 0. The van der Waals surface area contributed by atoms with Crippen LogP contribution < -0.4 is 0 Å². The van der Waals surface area contributed by atoms with Gasteiger partial charge in [0.2, 0.25) is 5.78 Å². The van der Waals surface area contributed by atoms with Crippen molar-refractivity contribution in [2.75, 3.05) is 26.3 Å². The molecule has 1 unspecified atom stereocenters. The van der Waals surface area contributed by atoms with Gasteiger partial charge in [0.1, 0.15) is 0 Å². The largest absolute Gasteiger partial charge is 0.379 e. The second-order valence-electron chi connectivity index (χ2n) is 3.70. The molecule has 0 amide bonds. The van der Waals surface area contributed by atoms with Crippen molar-refractivity contribution in [2.24, 2.45) is 0 Å². The van der Waals surface area contributed by atoms with Crippen LogP contribution in [0, 0.1) is 12.3 Å². The Hall–Kier alpha value is -0.850. The highest BCUT2D eigenvalue weighted by Crippen LogP contribution is 2.21. The predicted octanol–water partition coefficient (Wildman–Crippen LogP) is 0.690. The van der Waals surface area contributed by atoms with Gasteiger partial charge in [-0.25, -0.2) is 0 Å². The van der Waals surface area contributed by atoms with E-state index in [0.717, 1.165) is 19.5 Å². The van der Waals surface area contributed by atoms with Gasteiger partial charge in [-0.05, 0) is 19.3 Å². The summed E-state index contributed by atoms with van der Waals surface area (Å²) in [7, 11) is 0. The molecule has 1 aliphatic heterocycles. The zero-order valence-corrected chi connectivity index (χ0v) is 8.88. The van der Waals surface area contributed by atoms with Gasteiger partial charge in [0.15, 0.2) is 0 Å². The molecule has 1 saturated heterocycles. The van der Waals surface area contributed by atoms with Crippen LogP contribution in [0.15, 0.2) is 0 Å². The number of terminal acetylenes is 1. The van der Waals surface area contributed by atoms with Crippen LogP contribution >= 0.6 is 0 Å². The minimum absolute atomic E-state index is 0.123. The lowest BCUT2D eigenvalue weighted by Gasteiger charge is -2.40. The summed E-state index contributed by atoms with van der Waals surface area (Å²) in [5.74, 6) is 2.11. The van der Waals surface area contributed by atoms with Crippen LogP contribution in [-0.2, 0) is 9.53 Å². The Morgan fingerprint density at radius 3 is 2.57 bits per heavy atom. The second kappa shape index (κ2) is 4.59. The summed E-state index contributed by atoms with van der Waals surface area (Å²) in [5, 5.41) is 0. The zero-order chi connectivity index (χ0) is 10.6. The first-order chi connectivity index (χ1) is 6.65. The van der Waals surface area contributed by atoms with Crippen molar-refractivity contribution < 1.29 is 9.53 Å². The summed E-state index contributed by atoms with van der Waals surface area (Å²) < 4.78 is 5.25. The van der Waals surface area contributed by atoms with E-state index in [4.69, 9.17) is 11.2 Å². The average molecular weight is 195 g/mol. The van der Waals surface area contributed by atoms with Crippen LogP contribution in [0.5, 0.6) is 0 Å². The molecule has 1 aliphatic rings. The zero-order valence-electron chi connectivity index (χ0n) is 8.88. The molecule has 0 aromatic heterocycles. The molecule has 1 heterocycles. The molecule has 3 nitrogen and oxygen atoms in total. The normalized spacial score (nSPS) is 22.4. The van der Waals surface area contributed by atoms with Crippen molar-refractivity contribution in [2.45, 2.75) is 25.8 Å². The molecule has 0 spiro atoms. The van der Waals surface area contributed by atoms with Crippen molar-refractivity contribution in [3.05, 3.63) is 0 Å². The second-order valence-corrected chi connectivity index (χ2v) is 3.70. The van der Waals surface area contributed by atoms with E-state index in [1.807, 2.05) is 13.8 Å². The van der Waals surface area contributed by atoms with Crippen LogP contribution in [0.2, 0.25) is 0 Å². The number of ketones is 1. The summed E-state index contributed by atoms with van der Waals surface area (Å²) in [5.41, 5.74) is -0.501. The Morgan fingerprint density at radius 2 is 2.14 bits per heavy atom. The van der Waals surface area contributed by atoms with Crippen LogP contribution in [0.25, 0.3) is 0 Å². The van der Waals surface area contributed by atoms with E-state index >= 15 is 0 Å². The third kappa shape index (κ3) is 1.97. The molecule has 0 N–H and O–H groups in total. The summed E-state index contributed by atoms with van der Waals surface area (Å²) in [6.07, 6.45) is 5.93. The summed E-state index contributed by atoms with van der Waals surface area (Å²) in [4.78, 5) is 13.8. The SMILES string of the molecule is C#CC(=O)C(C)(CC)N1CCOCC1. The fourth-order valence-electron chi connectivity index (χ4n) is 1.74. The fourth-order valence-corrected chi connectivity index (χ4v) is 1.74. The minimum atomic E-state index is -0.501. The quantitative estimate of drug-likeness (QED) is 0.490. The number of Topliss-reactive ketones (excluding diaryl/α,β-unsaturated/α-hetero) is 1. The lowest BCUT2D eigenvalue weighted by Crippen LogP contribution is -2.55. The number of carbonyl (C=O) groups excluding carboxylic acids is 1. The Balaban J connectivity index is 2.77. The van der Waals surface area contributed by atoms with E-state index in [-0.39, 0.29) is 5.78 Å². The smallest absolute Gasteiger partial charge is 0.225 e. The van der Waals surface area contributed by atoms with Crippen molar-refractivity contribution in [3.63, 3.8) is 0 Å². The van der Waals surface area contributed by atoms with Crippen molar-refractivity contribution >= 4 is 5.78 Å². The van der Waals surface area contributed by atoms with E-state index in [0.29, 0.717) is 13.2 Å². The van der Waals surface area contributed by atoms with E-state index in [1.165, 1.54) is 0 Å². The summed E-state index contributed by atoms with van der Waals surface area (Å²) in [6, 6.07) is 0. The minimum Gasteiger partial charge on any atom is -0.379 e. The highest BCUT2D eigenvalue weighted by molar-refractivity contribution is 6.02. The molecular weight excluding hydrogens is 178 g/mol. The van der Waals surface area contributed by atoms with E-state index in [2.05, 4.69) is 10.8 Å². The predicted molar refractivity (Wildman–Crippen MR) is 54.9 cm³/mol. The Kier molecular flexibility index (Phi) is 3.68. The number of nitrogens with zero attached hydrogens (tertiary/aromatic N) is 1. The van der Waals surface area contributed by atoms with Gasteiger partial charge in [-0.1, -0.05) is 6.92 Å².